The highest BCUT2D eigenvalue weighted by Gasteiger charge is 2.25. The van der Waals surface area contributed by atoms with E-state index in [2.05, 4.69) is 15.2 Å². The van der Waals surface area contributed by atoms with Crippen molar-refractivity contribution in [1.29, 1.82) is 0 Å². The van der Waals surface area contributed by atoms with Crippen LogP contribution in [0.4, 0.5) is 0 Å². The number of H-pyrrole nitrogens is 1. The van der Waals surface area contributed by atoms with Gasteiger partial charge in [-0.15, -0.1) is 0 Å². The van der Waals surface area contributed by atoms with Crippen LogP contribution in [0.1, 0.15) is 12.8 Å². The highest BCUT2D eigenvalue weighted by molar-refractivity contribution is 7.99. The molecular weight excluding hydrogens is 254 g/mol. The van der Waals surface area contributed by atoms with Crippen LogP contribution in [0.5, 0.6) is 0 Å². The summed E-state index contributed by atoms with van der Waals surface area (Å²) in [5.74, 6) is 0.0320. The van der Waals surface area contributed by atoms with Gasteiger partial charge >= 0.3 is 0 Å². The van der Waals surface area contributed by atoms with Crippen LogP contribution in [-0.2, 0) is 9.59 Å². The van der Waals surface area contributed by atoms with E-state index in [1.54, 1.807) is 4.90 Å². The number of aromatic amines is 1. The Morgan fingerprint density at radius 2 is 2.22 bits per heavy atom. The second kappa shape index (κ2) is 5.85. The molecule has 98 valence electrons. The van der Waals surface area contributed by atoms with Crippen molar-refractivity contribution in [2.24, 2.45) is 11.7 Å². The molecule has 7 nitrogen and oxygen atoms in total. The van der Waals surface area contributed by atoms with Crippen molar-refractivity contribution in [3.63, 3.8) is 0 Å². The van der Waals surface area contributed by atoms with E-state index in [9.17, 15) is 9.59 Å². The first-order chi connectivity index (χ1) is 8.66. The molecule has 0 aliphatic carbocycles. The number of piperidine rings is 1. The average molecular weight is 269 g/mol. The number of carbonyl (C=O) groups is 2. The van der Waals surface area contributed by atoms with Gasteiger partial charge in [-0.05, 0) is 12.8 Å². The number of nitrogens with one attached hydrogen (secondary N) is 1. The van der Waals surface area contributed by atoms with Crippen LogP contribution in [0.15, 0.2) is 11.5 Å². The highest BCUT2D eigenvalue weighted by atomic mass is 32.2. The third kappa shape index (κ3) is 3.22. The van der Waals surface area contributed by atoms with Crippen molar-refractivity contribution in [2.75, 3.05) is 18.8 Å². The molecule has 0 atom stereocenters. The number of likely N-dealkylation sites (tertiary alicyclic amines) is 1. The molecule has 0 saturated carbocycles. The van der Waals surface area contributed by atoms with Crippen LogP contribution in [0.25, 0.3) is 0 Å². The molecule has 1 fully saturated rings. The largest absolute Gasteiger partial charge is 0.369 e. The van der Waals surface area contributed by atoms with E-state index in [0.29, 0.717) is 36.8 Å². The maximum absolute atomic E-state index is 11.9. The first-order valence-electron chi connectivity index (χ1n) is 5.72. The Labute approximate surface area is 109 Å². The first kappa shape index (κ1) is 12.9. The van der Waals surface area contributed by atoms with Crippen molar-refractivity contribution in [3.8, 4) is 0 Å². The summed E-state index contributed by atoms with van der Waals surface area (Å²) >= 11 is 1.32. The number of carbonyl (C=O) groups excluding carboxylic acids is 2. The Hall–Kier alpha value is -1.57. The number of hydrogen-bond donors (Lipinski definition) is 2. The standard InChI is InChI=1S/C10H15N5O2S/c11-9(17)7-1-3-15(4-2-7)8(16)5-18-10-12-6-13-14-10/h6-7H,1-5H2,(H2,11,17)(H,12,13,14). The molecule has 0 spiro atoms. The molecule has 3 N–H and O–H groups in total. The summed E-state index contributed by atoms with van der Waals surface area (Å²) in [7, 11) is 0. The predicted octanol–water partition coefficient (Wildman–Crippen LogP) is -0.379. The molecule has 1 aromatic rings. The fraction of sp³-hybridized carbons (Fsp3) is 0.600. The normalized spacial score (nSPS) is 16.8. The van der Waals surface area contributed by atoms with Crippen LogP contribution in [-0.4, -0.2) is 50.7 Å². The van der Waals surface area contributed by atoms with Gasteiger partial charge in [0.05, 0.1) is 5.75 Å². The molecule has 1 aliphatic rings. The van der Waals surface area contributed by atoms with E-state index in [1.165, 1.54) is 18.1 Å². The Kier molecular flexibility index (Phi) is 4.19. The van der Waals surface area contributed by atoms with Crippen molar-refractivity contribution in [3.05, 3.63) is 6.33 Å². The quantitative estimate of drug-likeness (QED) is 0.725. The van der Waals surface area contributed by atoms with Gasteiger partial charge in [-0.25, -0.2) is 4.98 Å². The molecule has 2 heterocycles. The fourth-order valence-electron chi connectivity index (χ4n) is 1.90. The second-order valence-corrected chi connectivity index (χ2v) is 5.10. The van der Waals surface area contributed by atoms with Gasteiger partial charge in [-0.1, -0.05) is 11.8 Å². The summed E-state index contributed by atoms with van der Waals surface area (Å²) in [5, 5.41) is 7.03. The van der Waals surface area contributed by atoms with Crippen LogP contribution >= 0.6 is 11.8 Å². The predicted molar refractivity (Wildman–Crippen MR) is 65.6 cm³/mol. The van der Waals surface area contributed by atoms with E-state index in [4.69, 9.17) is 5.73 Å². The zero-order valence-corrected chi connectivity index (χ0v) is 10.7. The highest BCUT2D eigenvalue weighted by Crippen LogP contribution is 2.18. The van der Waals surface area contributed by atoms with Gasteiger partial charge in [0.25, 0.3) is 0 Å². The summed E-state index contributed by atoms with van der Waals surface area (Å²) in [6.45, 7) is 1.20. The maximum atomic E-state index is 11.9. The lowest BCUT2D eigenvalue weighted by molar-refractivity contribution is -0.132. The summed E-state index contributed by atoms with van der Waals surface area (Å²) in [6.07, 6.45) is 2.73. The third-order valence-electron chi connectivity index (χ3n) is 2.98. The lowest BCUT2D eigenvalue weighted by Crippen LogP contribution is -2.42. The SMILES string of the molecule is NC(=O)C1CCN(C(=O)CSc2ncn[nH]2)CC1. The number of hydrogen-bond acceptors (Lipinski definition) is 5. The molecule has 1 aromatic heterocycles. The molecule has 18 heavy (non-hydrogen) atoms. The van der Waals surface area contributed by atoms with Crippen molar-refractivity contribution in [2.45, 2.75) is 18.0 Å². The third-order valence-corrected chi connectivity index (χ3v) is 3.84. The van der Waals surface area contributed by atoms with E-state index < -0.39 is 0 Å². The van der Waals surface area contributed by atoms with Gasteiger partial charge in [0.15, 0.2) is 5.16 Å². The van der Waals surface area contributed by atoms with Crippen molar-refractivity contribution < 1.29 is 9.59 Å². The Balaban J connectivity index is 1.75. The Morgan fingerprint density at radius 1 is 1.50 bits per heavy atom. The van der Waals surface area contributed by atoms with Crippen LogP contribution < -0.4 is 5.73 Å². The Morgan fingerprint density at radius 3 is 2.78 bits per heavy atom. The second-order valence-electron chi connectivity index (χ2n) is 4.14. The number of nitrogens with zero attached hydrogens (tertiary/aromatic N) is 3. The van der Waals surface area contributed by atoms with Gasteiger partial charge in [0, 0.05) is 19.0 Å². The number of thioether (sulfide) groups is 1. The minimum Gasteiger partial charge on any atom is -0.369 e. The van der Waals surface area contributed by atoms with E-state index in [-0.39, 0.29) is 17.7 Å². The molecule has 0 aromatic carbocycles. The van der Waals surface area contributed by atoms with Gasteiger partial charge in [0.1, 0.15) is 6.33 Å². The first-order valence-corrected chi connectivity index (χ1v) is 6.70. The monoisotopic (exact) mass is 269 g/mol. The fourth-order valence-corrected chi connectivity index (χ4v) is 2.58. The molecular formula is C10H15N5O2S. The number of amides is 2. The lowest BCUT2D eigenvalue weighted by atomic mass is 9.96. The maximum Gasteiger partial charge on any atom is 0.233 e. The minimum absolute atomic E-state index is 0.0549. The smallest absolute Gasteiger partial charge is 0.233 e. The topological polar surface area (TPSA) is 105 Å². The summed E-state index contributed by atoms with van der Waals surface area (Å²) < 4.78 is 0. The zero-order valence-electron chi connectivity index (χ0n) is 9.83. The molecule has 8 heteroatoms. The average Bonchev–Trinajstić information content (AvgIpc) is 2.89. The molecule has 2 amide bonds. The van der Waals surface area contributed by atoms with Gasteiger partial charge < -0.3 is 10.6 Å². The molecule has 0 bridgehead atoms. The molecule has 1 aliphatic heterocycles. The van der Waals surface area contributed by atoms with Gasteiger partial charge in [-0.3, -0.25) is 14.7 Å². The van der Waals surface area contributed by atoms with Gasteiger partial charge in [0.2, 0.25) is 11.8 Å². The molecule has 0 radical (unpaired) electrons. The van der Waals surface area contributed by atoms with Crippen molar-refractivity contribution in [1.82, 2.24) is 20.1 Å². The van der Waals surface area contributed by atoms with Crippen molar-refractivity contribution >= 4 is 23.6 Å². The number of rotatable bonds is 4. The summed E-state index contributed by atoms with van der Waals surface area (Å²) in [5.41, 5.74) is 5.25. The van der Waals surface area contributed by atoms with Crippen LogP contribution in [0, 0.1) is 5.92 Å². The molecule has 1 saturated heterocycles. The van der Waals surface area contributed by atoms with E-state index in [1.807, 2.05) is 0 Å². The Bertz CT molecular complexity index is 414. The molecule has 2 rings (SSSR count). The zero-order chi connectivity index (χ0) is 13.0. The molecule has 0 unspecified atom stereocenters. The van der Waals surface area contributed by atoms with Crippen LogP contribution in [0.3, 0.4) is 0 Å². The lowest BCUT2D eigenvalue weighted by Gasteiger charge is -2.30. The van der Waals surface area contributed by atoms with Crippen LogP contribution in [0.2, 0.25) is 0 Å². The van der Waals surface area contributed by atoms with Gasteiger partial charge in [-0.2, -0.15) is 5.10 Å². The summed E-state index contributed by atoms with van der Waals surface area (Å²) in [4.78, 5) is 28.6. The number of aromatic nitrogens is 3. The number of primary amides is 1. The number of nitrogens with two attached hydrogens (primary N) is 1. The van der Waals surface area contributed by atoms with E-state index >= 15 is 0 Å². The minimum atomic E-state index is -0.266. The van der Waals surface area contributed by atoms with E-state index in [0.717, 1.165) is 0 Å². The summed E-state index contributed by atoms with van der Waals surface area (Å²) in [6, 6.07) is 0.